The molecule has 0 heterocycles. The molecule has 0 fully saturated rings. The molecular weight excluding hydrogens is 205 g/mol. The van der Waals surface area contributed by atoms with E-state index in [2.05, 4.69) is 0 Å². The molecule has 0 aromatic heterocycles. The van der Waals surface area contributed by atoms with Crippen LogP contribution >= 0.6 is 0 Å². The van der Waals surface area contributed by atoms with E-state index in [1.165, 1.54) is 6.07 Å². The molecule has 14 heavy (non-hydrogen) atoms. The number of sulfone groups is 1. The van der Waals surface area contributed by atoms with E-state index in [0.29, 0.717) is 0 Å². The lowest BCUT2D eigenvalue weighted by Gasteiger charge is -2.06. The van der Waals surface area contributed by atoms with Crippen molar-refractivity contribution in [3.8, 4) is 0 Å². The van der Waals surface area contributed by atoms with E-state index in [4.69, 9.17) is 5.73 Å². The SMILES string of the molecule is Cc1ccc(S(=O)(=O)CCF)c(N)c1. The maximum absolute atomic E-state index is 12.0. The number of hydrogen-bond donors (Lipinski definition) is 1. The van der Waals surface area contributed by atoms with Crippen molar-refractivity contribution in [2.45, 2.75) is 11.8 Å². The van der Waals surface area contributed by atoms with Crippen LogP contribution in [0, 0.1) is 6.92 Å². The van der Waals surface area contributed by atoms with Crippen molar-refractivity contribution in [1.29, 1.82) is 0 Å². The largest absolute Gasteiger partial charge is 0.398 e. The minimum absolute atomic E-state index is 0.0146. The number of halogens is 1. The van der Waals surface area contributed by atoms with Crippen LogP contribution in [-0.4, -0.2) is 20.8 Å². The Bertz CT molecular complexity index is 428. The van der Waals surface area contributed by atoms with Crippen LogP contribution < -0.4 is 5.73 Å². The lowest BCUT2D eigenvalue weighted by Crippen LogP contribution is -2.10. The molecule has 78 valence electrons. The highest BCUT2D eigenvalue weighted by Gasteiger charge is 2.16. The zero-order chi connectivity index (χ0) is 10.8. The summed E-state index contributed by atoms with van der Waals surface area (Å²) in [5.74, 6) is -0.514. The summed E-state index contributed by atoms with van der Waals surface area (Å²) >= 11 is 0. The molecule has 2 N–H and O–H groups in total. The quantitative estimate of drug-likeness (QED) is 0.777. The van der Waals surface area contributed by atoms with Gasteiger partial charge in [0.15, 0.2) is 9.84 Å². The number of benzene rings is 1. The van der Waals surface area contributed by atoms with Gasteiger partial charge in [0.05, 0.1) is 16.3 Å². The van der Waals surface area contributed by atoms with Crippen molar-refractivity contribution < 1.29 is 12.8 Å². The Hall–Kier alpha value is -1.10. The summed E-state index contributed by atoms with van der Waals surface area (Å²) in [4.78, 5) is 0.0146. The molecule has 0 unspecified atom stereocenters. The predicted molar refractivity (Wildman–Crippen MR) is 53.6 cm³/mol. The smallest absolute Gasteiger partial charge is 0.182 e. The third-order valence-electron chi connectivity index (χ3n) is 1.85. The number of hydrogen-bond acceptors (Lipinski definition) is 3. The summed E-state index contributed by atoms with van der Waals surface area (Å²) in [6, 6.07) is 4.61. The van der Waals surface area contributed by atoms with Gasteiger partial charge in [-0.15, -0.1) is 0 Å². The highest BCUT2D eigenvalue weighted by molar-refractivity contribution is 7.91. The third-order valence-corrected chi connectivity index (χ3v) is 3.58. The summed E-state index contributed by atoms with van der Waals surface area (Å²) in [6.45, 7) is 0.914. The van der Waals surface area contributed by atoms with Crippen molar-refractivity contribution >= 4 is 15.5 Å². The average Bonchev–Trinajstić information content (AvgIpc) is 2.02. The number of alkyl halides is 1. The van der Waals surface area contributed by atoms with Gasteiger partial charge in [-0.2, -0.15) is 0 Å². The van der Waals surface area contributed by atoms with Crippen molar-refractivity contribution in [3.05, 3.63) is 23.8 Å². The van der Waals surface area contributed by atoms with Crippen molar-refractivity contribution in [1.82, 2.24) is 0 Å². The van der Waals surface area contributed by atoms with Gasteiger partial charge in [0.25, 0.3) is 0 Å². The highest BCUT2D eigenvalue weighted by Crippen LogP contribution is 2.20. The number of nitrogens with two attached hydrogens (primary N) is 1. The molecule has 0 atom stereocenters. The molecule has 1 rings (SSSR count). The van der Waals surface area contributed by atoms with Crippen LogP contribution in [0.3, 0.4) is 0 Å². The van der Waals surface area contributed by atoms with Crippen molar-refractivity contribution in [2.75, 3.05) is 18.2 Å². The third kappa shape index (κ3) is 2.23. The lowest BCUT2D eigenvalue weighted by molar-refractivity contribution is 0.517. The summed E-state index contributed by atoms with van der Waals surface area (Å²) in [6.07, 6.45) is 0. The van der Waals surface area contributed by atoms with Crippen LogP contribution in [0.1, 0.15) is 5.56 Å². The second-order valence-corrected chi connectivity index (χ2v) is 5.13. The zero-order valence-corrected chi connectivity index (χ0v) is 8.64. The second kappa shape index (κ2) is 3.96. The van der Waals surface area contributed by atoms with E-state index in [0.717, 1.165) is 5.56 Å². The number of rotatable bonds is 3. The maximum Gasteiger partial charge on any atom is 0.182 e. The summed E-state index contributed by atoms with van der Waals surface area (Å²) < 4.78 is 34.9. The molecule has 0 spiro atoms. The van der Waals surface area contributed by atoms with Gasteiger partial charge in [0.1, 0.15) is 6.67 Å². The molecule has 1 aromatic carbocycles. The van der Waals surface area contributed by atoms with Crippen molar-refractivity contribution in [3.63, 3.8) is 0 Å². The molecule has 3 nitrogen and oxygen atoms in total. The molecule has 0 saturated heterocycles. The molecule has 0 aliphatic heterocycles. The van der Waals surface area contributed by atoms with E-state index < -0.39 is 22.3 Å². The fourth-order valence-corrected chi connectivity index (χ4v) is 2.28. The average molecular weight is 217 g/mol. The van der Waals surface area contributed by atoms with Crippen LogP contribution in [0.4, 0.5) is 10.1 Å². The molecule has 0 saturated carbocycles. The zero-order valence-electron chi connectivity index (χ0n) is 7.83. The van der Waals surface area contributed by atoms with Gasteiger partial charge in [0.2, 0.25) is 0 Å². The molecule has 0 amide bonds. The number of nitrogen functional groups attached to an aromatic ring is 1. The monoisotopic (exact) mass is 217 g/mol. The van der Waals surface area contributed by atoms with Gasteiger partial charge in [-0.1, -0.05) is 6.07 Å². The topological polar surface area (TPSA) is 60.2 Å². The van der Waals surface area contributed by atoms with Crippen LogP contribution in [0.2, 0.25) is 0 Å². The Labute approximate surface area is 82.7 Å². The number of aryl methyl sites for hydroxylation is 1. The highest BCUT2D eigenvalue weighted by atomic mass is 32.2. The minimum atomic E-state index is -3.56. The fourth-order valence-electron chi connectivity index (χ4n) is 1.16. The van der Waals surface area contributed by atoms with E-state index in [-0.39, 0.29) is 10.6 Å². The van der Waals surface area contributed by atoms with Gasteiger partial charge in [0, 0.05) is 0 Å². The van der Waals surface area contributed by atoms with Gasteiger partial charge < -0.3 is 5.73 Å². The van der Waals surface area contributed by atoms with Crippen molar-refractivity contribution in [2.24, 2.45) is 0 Å². The molecule has 0 radical (unpaired) electrons. The minimum Gasteiger partial charge on any atom is -0.398 e. The van der Waals surface area contributed by atoms with E-state index in [1.807, 2.05) is 6.92 Å². The van der Waals surface area contributed by atoms with Crippen LogP contribution in [0.5, 0.6) is 0 Å². The first-order chi connectivity index (χ1) is 6.47. The normalized spacial score (nSPS) is 11.6. The maximum atomic E-state index is 12.0. The molecule has 5 heteroatoms. The summed E-state index contributed by atoms with van der Waals surface area (Å²) in [5, 5.41) is 0. The molecule has 0 aliphatic carbocycles. The Kier molecular flexibility index (Phi) is 3.10. The van der Waals surface area contributed by atoms with Crippen LogP contribution in [-0.2, 0) is 9.84 Å². The fraction of sp³-hybridized carbons (Fsp3) is 0.333. The predicted octanol–water partition coefficient (Wildman–Crippen LogP) is 1.32. The van der Waals surface area contributed by atoms with E-state index in [1.54, 1.807) is 12.1 Å². The lowest BCUT2D eigenvalue weighted by atomic mass is 10.2. The second-order valence-electron chi connectivity index (χ2n) is 3.05. The molecular formula is C9H12FNO2S. The molecule has 0 bridgehead atoms. The van der Waals surface area contributed by atoms with Crippen LogP contribution in [0.25, 0.3) is 0 Å². The standard InChI is InChI=1S/C9H12FNO2S/c1-7-2-3-9(8(11)6-7)14(12,13)5-4-10/h2-3,6H,4-5,11H2,1H3. The summed E-state index contributed by atoms with van der Waals surface area (Å²) in [7, 11) is -3.56. The summed E-state index contributed by atoms with van der Waals surface area (Å²) in [5.41, 5.74) is 6.59. The first-order valence-electron chi connectivity index (χ1n) is 4.12. The Morgan fingerprint density at radius 3 is 2.57 bits per heavy atom. The van der Waals surface area contributed by atoms with Gasteiger partial charge >= 0.3 is 0 Å². The number of anilines is 1. The van der Waals surface area contributed by atoms with Gasteiger partial charge in [-0.25, -0.2) is 12.8 Å². The Balaban J connectivity index is 3.20. The molecule has 1 aromatic rings. The Morgan fingerprint density at radius 2 is 2.07 bits per heavy atom. The first-order valence-corrected chi connectivity index (χ1v) is 5.77. The van der Waals surface area contributed by atoms with Crippen LogP contribution in [0.15, 0.2) is 23.1 Å². The van der Waals surface area contributed by atoms with E-state index in [9.17, 15) is 12.8 Å². The van der Waals surface area contributed by atoms with E-state index >= 15 is 0 Å². The first kappa shape index (κ1) is 11.0. The molecule has 0 aliphatic rings. The Morgan fingerprint density at radius 1 is 1.43 bits per heavy atom. The van der Waals surface area contributed by atoms with Gasteiger partial charge in [-0.3, -0.25) is 0 Å². The van der Waals surface area contributed by atoms with Gasteiger partial charge in [-0.05, 0) is 24.6 Å².